The highest BCUT2D eigenvalue weighted by atomic mass is 16.5. The molecule has 4 nitrogen and oxygen atoms in total. The topological polar surface area (TPSA) is 58.7 Å². The maximum absolute atomic E-state index is 9.29. The highest BCUT2D eigenvalue weighted by Gasteiger charge is 2.29. The molecule has 1 aromatic carbocycles. The molecule has 0 bridgehead atoms. The van der Waals surface area contributed by atoms with Gasteiger partial charge in [-0.2, -0.15) is 0 Å². The first kappa shape index (κ1) is 16.3. The number of rotatable bonds is 6. The van der Waals surface area contributed by atoms with Crippen LogP contribution in [0.2, 0.25) is 0 Å². The SMILES string of the molecule is CCC(N)C(c1ccc(OC)cc1)N1CCC(CO)CC1. The van der Waals surface area contributed by atoms with Crippen LogP contribution in [0, 0.1) is 5.92 Å². The summed E-state index contributed by atoms with van der Waals surface area (Å²) in [6.07, 6.45) is 3.07. The van der Waals surface area contributed by atoms with Crippen molar-refractivity contribution >= 4 is 0 Å². The summed E-state index contributed by atoms with van der Waals surface area (Å²) in [5.41, 5.74) is 7.65. The maximum Gasteiger partial charge on any atom is 0.118 e. The molecule has 2 atom stereocenters. The van der Waals surface area contributed by atoms with Crippen LogP contribution in [0.25, 0.3) is 0 Å². The molecule has 1 aromatic rings. The minimum Gasteiger partial charge on any atom is -0.497 e. The summed E-state index contributed by atoms with van der Waals surface area (Å²) in [6.45, 7) is 4.47. The van der Waals surface area contributed by atoms with Crippen LogP contribution in [-0.4, -0.2) is 42.9 Å². The third-order valence-electron chi connectivity index (χ3n) is 4.63. The lowest BCUT2D eigenvalue weighted by Gasteiger charge is -2.40. The predicted molar refractivity (Wildman–Crippen MR) is 85.4 cm³/mol. The molecule has 0 aromatic heterocycles. The Bertz CT molecular complexity index is 413. The first-order valence-electron chi connectivity index (χ1n) is 7.94. The molecule has 21 heavy (non-hydrogen) atoms. The van der Waals surface area contributed by atoms with Gasteiger partial charge in [0.1, 0.15) is 5.75 Å². The van der Waals surface area contributed by atoms with E-state index in [9.17, 15) is 5.11 Å². The number of piperidine rings is 1. The minimum atomic E-state index is 0.129. The molecule has 118 valence electrons. The largest absolute Gasteiger partial charge is 0.497 e. The zero-order valence-electron chi connectivity index (χ0n) is 13.2. The molecule has 2 rings (SSSR count). The van der Waals surface area contributed by atoms with Crippen LogP contribution in [0.1, 0.15) is 37.8 Å². The zero-order chi connectivity index (χ0) is 15.2. The Balaban J connectivity index is 2.14. The fourth-order valence-corrected chi connectivity index (χ4v) is 3.17. The number of aliphatic hydroxyl groups is 1. The van der Waals surface area contributed by atoms with Gasteiger partial charge in [-0.25, -0.2) is 0 Å². The number of benzene rings is 1. The average Bonchev–Trinajstić information content (AvgIpc) is 2.56. The first-order valence-corrected chi connectivity index (χ1v) is 7.94. The van der Waals surface area contributed by atoms with Crippen LogP contribution in [0.3, 0.4) is 0 Å². The van der Waals surface area contributed by atoms with Crippen molar-refractivity contribution in [1.82, 2.24) is 4.90 Å². The lowest BCUT2D eigenvalue weighted by atomic mass is 9.91. The molecule has 1 saturated heterocycles. The third kappa shape index (κ3) is 3.96. The molecular formula is C17H28N2O2. The predicted octanol–water partition coefficient (Wildman–Crippen LogP) is 2.18. The summed E-state index contributed by atoms with van der Waals surface area (Å²) in [4.78, 5) is 2.47. The highest BCUT2D eigenvalue weighted by Crippen LogP contribution is 2.30. The average molecular weight is 292 g/mol. The van der Waals surface area contributed by atoms with Crippen molar-refractivity contribution in [2.45, 2.75) is 38.3 Å². The van der Waals surface area contributed by atoms with Crippen molar-refractivity contribution in [3.8, 4) is 5.75 Å². The van der Waals surface area contributed by atoms with Gasteiger partial charge in [0.15, 0.2) is 0 Å². The van der Waals surface area contributed by atoms with E-state index in [1.54, 1.807) is 7.11 Å². The molecule has 4 heteroatoms. The Hall–Kier alpha value is -1.10. The molecular weight excluding hydrogens is 264 g/mol. The number of nitrogens with two attached hydrogens (primary N) is 1. The van der Waals surface area contributed by atoms with Crippen LogP contribution < -0.4 is 10.5 Å². The molecule has 1 heterocycles. The van der Waals surface area contributed by atoms with Gasteiger partial charge in [-0.15, -0.1) is 0 Å². The van der Waals surface area contributed by atoms with Gasteiger partial charge in [-0.3, -0.25) is 4.90 Å². The van der Waals surface area contributed by atoms with E-state index in [2.05, 4.69) is 24.0 Å². The van der Waals surface area contributed by atoms with Gasteiger partial charge in [-0.1, -0.05) is 19.1 Å². The fraction of sp³-hybridized carbons (Fsp3) is 0.647. The third-order valence-corrected chi connectivity index (χ3v) is 4.63. The molecule has 1 fully saturated rings. The monoisotopic (exact) mass is 292 g/mol. The van der Waals surface area contributed by atoms with Crippen LogP contribution in [0.5, 0.6) is 5.75 Å². The van der Waals surface area contributed by atoms with E-state index in [1.807, 2.05) is 12.1 Å². The van der Waals surface area contributed by atoms with Crippen LogP contribution in [-0.2, 0) is 0 Å². The molecule has 3 N–H and O–H groups in total. The summed E-state index contributed by atoms with van der Waals surface area (Å²) in [7, 11) is 1.68. The molecule has 1 aliphatic heterocycles. The standard InChI is InChI=1S/C17H28N2O2/c1-3-16(18)17(14-4-6-15(21-2)7-5-14)19-10-8-13(12-20)9-11-19/h4-7,13,16-17,20H,3,8-12,18H2,1-2H3. The van der Waals surface area contributed by atoms with Gasteiger partial charge >= 0.3 is 0 Å². The van der Waals surface area contributed by atoms with Gasteiger partial charge < -0.3 is 15.6 Å². The smallest absolute Gasteiger partial charge is 0.118 e. The second-order valence-corrected chi connectivity index (χ2v) is 5.95. The summed E-state index contributed by atoms with van der Waals surface area (Å²) >= 11 is 0. The minimum absolute atomic E-state index is 0.129. The van der Waals surface area contributed by atoms with E-state index in [-0.39, 0.29) is 12.1 Å². The fourth-order valence-electron chi connectivity index (χ4n) is 3.17. The Morgan fingerprint density at radius 1 is 1.29 bits per heavy atom. The number of aliphatic hydroxyl groups excluding tert-OH is 1. The number of ether oxygens (including phenoxy) is 1. The quantitative estimate of drug-likeness (QED) is 0.844. The summed E-state index contributed by atoms with van der Waals surface area (Å²) < 4.78 is 5.24. The maximum atomic E-state index is 9.29. The lowest BCUT2D eigenvalue weighted by Crippen LogP contribution is -2.45. The van der Waals surface area contributed by atoms with Crippen LogP contribution >= 0.6 is 0 Å². The van der Waals surface area contributed by atoms with Crippen LogP contribution in [0.4, 0.5) is 0 Å². The van der Waals surface area contributed by atoms with Gasteiger partial charge in [0, 0.05) is 18.7 Å². The highest BCUT2D eigenvalue weighted by molar-refractivity contribution is 5.30. The van der Waals surface area contributed by atoms with Gasteiger partial charge in [0.05, 0.1) is 7.11 Å². The molecule has 0 amide bonds. The van der Waals surface area contributed by atoms with E-state index in [0.717, 1.165) is 38.1 Å². The van der Waals surface area contributed by atoms with E-state index >= 15 is 0 Å². The number of hydrogen-bond donors (Lipinski definition) is 2. The molecule has 0 radical (unpaired) electrons. The number of likely N-dealkylation sites (tertiary alicyclic amines) is 1. The molecule has 0 aliphatic carbocycles. The van der Waals surface area contributed by atoms with E-state index < -0.39 is 0 Å². The lowest BCUT2D eigenvalue weighted by molar-refractivity contribution is 0.0884. The molecule has 1 aliphatic rings. The van der Waals surface area contributed by atoms with E-state index in [4.69, 9.17) is 10.5 Å². The normalized spacial score (nSPS) is 20.2. The molecule has 2 unspecified atom stereocenters. The zero-order valence-corrected chi connectivity index (χ0v) is 13.2. The van der Waals surface area contributed by atoms with Crippen molar-refractivity contribution in [1.29, 1.82) is 0 Å². The molecule has 0 saturated carbocycles. The second kappa shape index (κ2) is 7.78. The first-order chi connectivity index (χ1) is 10.2. The van der Waals surface area contributed by atoms with E-state index in [0.29, 0.717) is 12.5 Å². The number of hydrogen-bond acceptors (Lipinski definition) is 4. The summed E-state index contributed by atoms with van der Waals surface area (Å²) in [5.74, 6) is 1.33. The van der Waals surface area contributed by atoms with Crippen molar-refractivity contribution < 1.29 is 9.84 Å². The Morgan fingerprint density at radius 2 is 1.90 bits per heavy atom. The van der Waals surface area contributed by atoms with Gasteiger partial charge in [0.2, 0.25) is 0 Å². The summed E-state index contributed by atoms with van der Waals surface area (Å²) in [6, 6.07) is 8.63. The van der Waals surface area contributed by atoms with Crippen LogP contribution in [0.15, 0.2) is 24.3 Å². The van der Waals surface area contributed by atoms with Gasteiger partial charge in [0.25, 0.3) is 0 Å². The van der Waals surface area contributed by atoms with Gasteiger partial charge in [-0.05, 0) is 56.0 Å². The van der Waals surface area contributed by atoms with Crippen molar-refractivity contribution in [2.24, 2.45) is 11.7 Å². The van der Waals surface area contributed by atoms with Crippen molar-refractivity contribution in [3.05, 3.63) is 29.8 Å². The Kier molecular flexibility index (Phi) is 6.03. The van der Waals surface area contributed by atoms with Crippen molar-refractivity contribution in [2.75, 3.05) is 26.8 Å². The number of nitrogens with zero attached hydrogens (tertiary/aromatic N) is 1. The van der Waals surface area contributed by atoms with E-state index in [1.165, 1.54) is 5.56 Å². The second-order valence-electron chi connectivity index (χ2n) is 5.95. The Labute approximate surface area is 127 Å². The summed E-state index contributed by atoms with van der Waals surface area (Å²) in [5, 5.41) is 9.29. The molecule has 0 spiro atoms. The number of methoxy groups -OCH3 is 1. The van der Waals surface area contributed by atoms with Crippen molar-refractivity contribution in [3.63, 3.8) is 0 Å². The Morgan fingerprint density at radius 3 is 2.38 bits per heavy atom.